The number of rotatable bonds is 9. The van der Waals surface area contributed by atoms with Gasteiger partial charge in [0.1, 0.15) is 0 Å². The van der Waals surface area contributed by atoms with Gasteiger partial charge in [0.2, 0.25) is 0 Å². The zero-order valence-electron chi connectivity index (χ0n) is 16.3. The molecule has 0 radical (unpaired) electrons. The second-order valence-electron chi connectivity index (χ2n) is 6.71. The van der Waals surface area contributed by atoms with Crippen LogP contribution in [0.2, 0.25) is 5.02 Å². The highest BCUT2D eigenvalue weighted by Gasteiger charge is 2.12. The van der Waals surface area contributed by atoms with Crippen molar-refractivity contribution in [1.82, 2.24) is 10.2 Å². The van der Waals surface area contributed by atoms with Gasteiger partial charge in [0.15, 0.2) is 11.5 Å². The SMILES string of the molecule is COc1ccc(CNCc2cccc(CN(C)C(C)C)c2)c(Cl)c1OC. The minimum atomic E-state index is 0.531. The molecular formula is C21H29ClN2O2. The van der Waals surface area contributed by atoms with Gasteiger partial charge >= 0.3 is 0 Å². The lowest BCUT2D eigenvalue weighted by molar-refractivity contribution is 0.266. The number of hydrogen-bond donors (Lipinski definition) is 1. The first-order valence-corrected chi connectivity index (χ1v) is 9.22. The average Bonchev–Trinajstić information content (AvgIpc) is 2.63. The Labute approximate surface area is 162 Å². The summed E-state index contributed by atoms with van der Waals surface area (Å²) in [4.78, 5) is 2.33. The maximum Gasteiger partial charge on any atom is 0.179 e. The fourth-order valence-corrected chi connectivity index (χ4v) is 3.02. The van der Waals surface area contributed by atoms with Gasteiger partial charge in [-0.25, -0.2) is 0 Å². The van der Waals surface area contributed by atoms with Crippen LogP contribution in [0.4, 0.5) is 0 Å². The molecule has 0 saturated heterocycles. The smallest absolute Gasteiger partial charge is 0.179 e. The monoisotopic (exact) mass is 376 g/mol. The van der Waals surface area contributed by atoms with Crippen LogP contribution in [0.3, 0.4) is 0 Å². The fourth-order valence-electron chi connectivity index (χ4n) is 2.72. The Balaban J connectivity index is 1.98. The molecule has 2 aromatic carbocycles. The van der Waals surface area contributed by atoms with Crippen molar-refractivity contribution in [3.05, 3.63) is 58.1 Å². The Morgan fingerprint density at radius 2 is 1.77 bits per heavy atom. The van der Waals surface area contributed by atoms with Crippen molar-refractivity contribution in [3.63, 3.8) is 0 Å². The van der Waals surface area contributed by atoms with E-state index in [9.17, 15) is 0 Å². The Hall–Kier alpha value is -1.75. The van der Waals surface area contributed by atoms with Crippen LogP contribution in [0, 0.1) is 0 Å². The average molecular weight is 377 g/mol. The number of nitrogens with one attached hydrogen (secondary N) is 1. The van der Waals surface area contributed by atoms with Crippen LogP contribution in [0.5, 0.6) is 11.5 Å². The van der Waals surface area contributed by atoms with Gasteiger partial charge in [0.05, 0.1) is 19.2 Å². The van der Waals surface area contributed by atoms with Gasteiger partial charge in [0, 0.05) is 25.7 Å². The lowest BCUT2D eigenvalue weighted by Crippen LogP contribution is -2.25. The molecule has 0 fully saturated rings. The van der Waals surface area contributed by atoms with Gasteiger partial charge in [0.25, 0.3) is 0 Å². The van der Waals surface area contributed by atoms with Crippen LogP contribution in [-0.4, -0.2) is 32.2 Å². The molecule has 26 heavy (non-hydrogen) atoms. The van der Waals surface area contributed by atoms with Crippen molar-refractivity contribution in [2.75, 3.05) is 21.3 Å². The highest BCUT2D eigenvalue weighted by molar-refractivity contribution is 6.33. The molecule has 0 bridgehead atoms. The Morgan fingerprint density at radius 3 is 2.42 bits per heavy atom. The van der Waals surface area contributed by atoms with Crippen LogP contribution >= 0.6 is 11.6 Å². The molecule has 4 nitrogen and oxygen atoms in total. The summed E-state index contributed by atoms with van der Waals surface area (Å²) in [6, 6.07) is 13.1. The van der Waals surface area contributed by atoms with Gasteiger partial charge in [-0.05, 0) is 43.7 Å². The first-order valence-electron chi connectivity index (χ1n) is 8.84. The summed E-state index contributed by atoms with van der Waals surface area (Å²) < 4.78 is 10.6. The highest BCUT2D eigenvalue weighted by atomic mass is 35.5. The molecule has 0 amide bonds. The Kier molecular flexibility index (Phi) is 7.76. The van der Waals surface area contributed by atoms with E-state index in [-0.39, 0.29) is 0 Å². The predicted octanol–water partition coefficient (Wildman–Crippen LogP) is 4.49. The quantitative estimate of drug-likeness (QED) is 0.699. The van der Waals surface area contributed by atoms with E-state index in [1.165, 1.54) is 11.1 Å². The fraction of sp³-hybridized carbons (Fsp3) is 0.429. The number of ether oxygens (including phenoxy) is 2. The maximum absolute atomic E-state index is 6.44. The standard InChI is InChI=1S/C21H29ClN2O2/c1-15(2)24(3)14-17-8-6-7-16(11-17)12-23-13-18-9-10-19(25-4)21(26-5)20(18)22/h6-11,15,23H,12-14H2,1-5H3. The van der Waals surface area contributed by atoms with Gasteiger partial charge in [-0.15, -0.1) is 0 Å². The minimum absolute atomic E-state index is 0.531. The highest BCUT2D eigenvalue weighted by Crippen LogP contribution is 2.37. The molecule has 0 aromatic heterocycles. The zero-order chi connectivity index (χ0) is 19.1. The third-order valence-corrected chi connectivity index (χ3v) is 4.93. The molecule has 142 valence electrons. The Morgan fingerprint density at radius 1 is 1.04 bits per heavy atom. The summed E-state index contributed by atoms with van der Waals surface area (Å²) in [5.74, 6) is 1.22. The topological polar surface area (TPSA) is 33.7 Å². The summed E-state index contributed by atoms with van der Waals surface area (Å²) >= 11 is 6.44. The number of benzene rings is 2. The molecule has 0 saturated carbocycles. The maximum atomic E-state index is 6.44. The first kappa shape index (κ1) is 20.6. The summed E-state index contributed by atoms with van der Waals surface area (Å²) in [5.41, 5.74) is 3.57. The first-order chi connectivity index (χ1) is 12.5. The third kappa shape index (κ3) is 5.37. The third-order valence-electron chi connectivity index (χ3n) is 4.51. The van der Waals surface area contributed by atoms with Crippen LogP contribution < -0.4 is 14.8 Å². The molecule has 2 rings (SSSR count). The molecule has 0 atom stereocenters. The van der Waals surface area contributed by atoms with E-state index in [4.69, 9.17) is 21.1 Å². The minimum Gasteiger partial charge on any atom is -0.493 e. The summed E-state index contributed by atoms with van der Waals surface area (Å²) in [5, 5.41) is 4.05. The molecule has 0 heterocycles. The van der Waals surface area contributed by atoms with E-state index in [2.05, 4.69) is 55.4 Å². The van der Waals surface area contributed by atoms with Crippen molar-refractivity contribution in [1.29, 1.82) is 0 Å². The summed E-state index contributed by atoms with van der Waals surface area (Å²) in [6.07, 6.45) is 0. The van der Waals surface area contributed by atoms with Gasteiger partial charge < -0.3 is 14.8 Å². The number of hydrogen-bond acceptors (Lipinski definition) is 4. The van der Waals surface area contributed by atoms with Crippen LogP contribution in [0.15, 0.2) is 36.4 Å². The zero-order valence-corrected chi connectivity index (χ0v) is 17.1. The van der Waals surface area contributed by atoms with Crippen molar-refractivity contribution < 1.29 is 9.47 Å². The van der Waals surface area contributed by atoms with Crippen molar-refractivity contribution in [3.8, 4) is 11.5 Å². The Bertz CT molecular complexity index is 719. The van der Waals surface area contributed by atoms with E-state index in [1.54, 1.807) is 14.2 Å². The lowest BCUT2D eigenvalue weighted by atomic mass is 10.1. The molecule has 5 heteroatoms. The molecule has 1 N–H and O–H groups in total. The summed E-state index contributed by atoms with van der Waals surface area (Å²) in [7, 11) is 5.35. The lowest BCUT2D eigenvalue weighted by Gasteiger charge is -2.21. The largest absolute Gasteiger partial charge is 0.493 e. The molecule has 2 aromatic rings. The van der Waals surface area contributed by atoms with E-state index in [0.717, 1.165) is 18.7 Å². The molecular weight excluding hydrogens is 348 g/mol. The molecule has 0 aliphatic rings. The summed E-state index contributed by atoms with van der Waals surface area (Å²) in [6.45, 7) is 6.81. The molecule has 0 aliphatic carbocycles. The van der Waals surface area contributed by atoms with E-state index in [0.29, 0.717) is 29.1 Å². The van der Waals surface area contributed by atoms with Crippen molar-refractivity contribution in [2.24, 2.45) is 0 Å². The molecule has 0 unspecified atom stereocenters. The molecule has 0 spiro atoms. The number of nitrogens with zero attached hydrogens (tertiary/aromatic N) is 1. The number of halogens is 1. The second kappa shape index (κ2) is 9.81. The van der Waals surface area contributed by atoms with Crippen molar-refractivity contribution >= 4 is 11.6 Å². The predicted molar refractivity (Wildman–Crippen MR) is 108 cm³/mol. The normalized spacial score (nSPS) is 11.2. The van der Waals surface area contributed by atoms with Gasteiger partial charge in [-0.2, -0.15) is 0 Å². The van der Waals surface area contributed by atoms with Gasteiger partial charge in [-0.3, -0.25) is 4.90 Å². The van der Waals surface area contributed by atoms with Crippen molar-refractivity contribution in [2.45, 2.75) is 39.5 Å². The number of methoxy groups -OCH3 is 2. The van der Waals surface area contributed by atoms with E-state index < -0.39 is 0 Å². The van der Waals surface area contributed by atoms with Gasteiger partial charge in [-0.1, -0.05) is 41.9 Å². The van der Waals surface area contributed by atoms with Crippen LogP contribution in [-0.2, 0) is 19.6 Å². The van der Waals surface area contributed by atoms with E-state index in [1.807, 2.05) is 12.1 Å². The van der Waals surface area contributed by atoms with Crippen LogP contribution in [0.1, 0.15) is 30.5 Å². The second-order valence-corrected chi connectivity index (χ2v) is 7.08. The van der Waals surface area contributed by atoms with Crippen LogP contribution in [0.25, 0.3) is 0 Å². The van der Waals surface area contributed by atoms with E-state index >= 15 is 0 Å². The molecule has 0 aliphatic heterocycles.